The highest BCUT2D eigenvalue weighted by Gasteiger charge is 2.10. The highest BCUT2D eigenvalue weighted by molar-refractivity contribution is 6.33. The van der Waals surface area contributed by atoms with Crippen molar-refractivity contribution in [3.63, 3.8) is 0 Å². The van der Waals surface area contributed by atoms with Crippen LogP contribution in [0.25, 0.3) is 22.0 Å². The zero-order chi connectivity index (χ0) is 18.8. The number of carbonyl (C=O) groups excluding carboxylic acids is 1. The number of nitrogens with two attached hydrogens (primary N) is 1. The Morgan fingerprint density at radius 3 is 2.52 bits per heavy atom. The molecule has 0 saturated carbocycles. The smallest absolute Gasteiger partial charge is 0.323 e. The van der Waals surface area contributed by atoms with E-state index in [-0.39, 0.29) is 6.03 Å². The number of nitrogens with zero attached hydrogens (tertiary/aromatic N) is 1. The third kappa shape index (κ3) is 3.43. The van der Waals surface area contributed by atoms with Gasteiger partial charge in [0.1, 0.15) is 0 Å². The van der Waals surface area contributed by atoms with Gasteiger partial charge in [0.05, 0.1) is 21.6 Å². The van der Waals surface area contributed by atoms with Crippen molar-refractivity contribution in [2.75, 3.05) is 16.4 Å². The summed E-state index contributed by atoms with van der Waals surface area (Å²) in [7, 11) is 0. The number of anilines is 3. The number of nitrogens with one attached hydrogen (secondary N) is 3. The number of aromatic amines is 1. The van der Waals surface area contributed by atoms with Crippen molar-refractivity contribution in [3.05, 3.63) is 71.8 Å². The maximum absolute atomic E-state index is 12.2. The predicted octanol–water partition coefficient (Wildman–Crippen LogP) is 5.11. The van der Waals surface area contributed by atoms with Crippen molar-refractivity contribution < 1.29 is 4.79 Å². The van der Waals surface area contributed by atoms with Crippen LogP contribution < -0.4 is 16.4 Å². The Kier molecular flexibility index (Phi) is 4.40. The molecule has 0 saturated heterocycles. The first-order valence-corrected chi connectivity index (χ1v) is 8.65. The Morgan fingerprint density at radius 2 is 1.74 bits per heavy atom. The van der Waals surface area contributed by atoms with Crippen LogP contribution in [0.15, 0.2) is 66.7 Å². The number of H-pyrrole nitrogens is 1. The van der Waals surface area contributed by atoms with Gasteiger partial charge < -0.3 is 16.4 Å². The molecule has 3 aromatic carbocycles. The van der Waals surface area contributed by atoms with Crippen LogP contribution in [-0.2, 0) is 0 Å². The molecule has 6 nitrogen and oxygen atoms in total. The van der Waals surface area contributed by atoms with E-state index < -0.39 is 0 Å². The number of halogens is 1. The Bertz CT molecular complexity index is 1120. The van der Waals surface area contributed by atoms with Crippen LogP contribution in [0.5, 0.6) is 0 Å². The Labute approximate surface area is 160 Å². The molecule has 27 heavy (non-hydrogen) atoms. The van der Waals surface area contributed by atoms with Crippen LogP contribution in [0, 0.1) is 0 Å². The third-order valence-corrected chi connectivity index (χ3v) is 4.52. The molecule has 0 spiro atoms. The topological polar surface area (TPSA) is 95.8 Å². The second-order valence-electron chi connectivity index (χ2n) is 5.97. The van der Waals surface area contributed by atoms with Crippen LogP contribution in [0.3, 0.4) is 0 Å². The highest BCUT2D eigenvalue weighted by atomic mass is 35.5. The van der Waals surface area contributed by atoms with Crippen LogP contribution in [0.2, 0.25) is 5.02 Å². The molecule has 1 aromatic heterocycles. The lowest BCUT2D eigenvalue weighted by Crippen LogP contribution is -2.19. The van der Waals surface area contributed by atoms with E-state index in [1.807, 2.05) is 42.5 Å². The number of hydrogen-bond acceptors (Lipinski definition) is 3. The minimum absolute atomic E-state index is 0.364. The predicted molar refractivity (Wildman–Crippen MR) is 110 cm³/mol. The number of rotatable bonds is 3. The number of nitrogen functional groups attached to an aromatic ring is 1. The van der Waals surface area contributed by atoms with Crippen molar-refractivity contribution in [1.29, 1.82) is 0 Å². The Balaban J connectivity index is 1.53. The second-order valence-corrected chi connectivity index (χ2v) is 6.38. The molecule has 1 heterocycles. The first-order chi connectivity index (χ1) is 13.1. The molecule has 4 aromatic rings. The van der Waals surface area contributed by atoms with Crippen molar-refractivity contribution in [2.24, 2.45) is 0 Å². The van der Waals surface area contributed by atoms with Gasteiger partial charge in [-0.25, -0.2) is 4.79 Å². The maximum Gasteiger partial charge on any atom is 0.323 e. The molecule has 0 aliphatic heterocycles. The lowest BCUT2D eigenvalue weighted by molar-refractivity contribution is 0.262. The number of aromatic nitrogens is 2. The van der Waals surface area contributed by atoms with Gasteiger partial charge in [0.25, 0.3) is 0 Å². The van der Waals surface area contributed by atoms with Gasteiger partial charge in [0, 0.05) is 5.69 Å². The summed E-state index contributed by atoms with van der Waals surface area (Å²) in [6, 6.07) is 20.1. The number of carbonyl (C=O) groups is 1. The van der Waals surface area contributed by atoms with E-state index in [9.17, 15) is 4.79 Å². The molecular weight excluding hydrogens is 362 g/mol. The molecule has 0 aliphatic carbocycles. The molecule has 2 amide bonds. The molecule has 0 fully saturated rings. The quantitative estimate of drug-likeness (QED) is 0.399. The number of benzene rings is 3. The van der Waals surface area contributed by atoms with Gasteiger partial charge in [-0.15, -0.1) is 0 Å². The van der Waals surface area contributed by atoms with Crippen LogP contribution >= 0.6 is 11.6 Å². The monoisotopic (exact) mass is 377 g/mol. The minimum Gasteiger partial charge on any atom is -0.382 e. The third-order valence-electron chi connectivity index (χ3n) is 4.19. The summed E-state index contributed by atoms with van der Waals surface area (Å²) in [5.74, 6) is 0.460. The van der Waals surface area contributed by atoms with Crippen LogP contribution in [-0.4, -0.2) is 16.2 Å². The fourth-order valence-corrected chi connectivity index (χ4v) is 3.10. The first-order valence-electron chi connectivity index (χ1n) is 8.27. The molecule has 0 unspecified atom stereocenters. The van der Waals surface area contributed by atoms with Crippen molar-refractivity contribution in [2.45, 2.75) is 0 Å². The van der Waals surface area contributed by atoms with Crippen LogP contribution in [0.4, 0.5) is 22.0 Å². The van der Waals surface area contributed by atoms with E-state index in [2.05, 4.69) is 20.8 Å². The normalized spacial score (nSPS) is 10.7. The number of amides is 2. The molecule has 0 atom stereocenters. The second kappa shape index (κ2) is 7.01. The molecule has 134 valence electrons. The number of urea groups is 1. The lowest BCUT2D eigenvalue weighted by Gasteiger charge is -2.10. The van der Waals surface area contributed by atoms with Gasteiger partial charge in [-0.2, -0.15) is 5.10 Å². The summed E-state index contributed by atoms with van der Waals surface area (Å²) in [5, 5.41) is 13.8. The molecular formula is C20H16ClN5O. The van der Waals surface area contributed by atoms with Gasteiger partial charge in [0.15, 0.2) is 5.82 Å². The molecule has 0 radical (unpaired) electrons. The summed E-state index contributed by atoms with van der Waals surface area (Å²) >= 11 is 6.05. The SMILES string of the molecule is Nc1n[nH]c2cccc(-c3ccc(NC(=O)Nc4ccccc4Cl)cc3)c12. The molecule has 0 aliphatic rings. The fraction of sp³-hybridized carbons (Fsp3) is 0. The fourth-order valence-electron chi connectivity index (χ4n) is 2.92. The summed E-state index contributed by atoms with van der Waals surface area (Å²) in [6.45, 7) is 0. The van der Waals surface area contributed by atoms with Gasteiger partial charge in [0.2, 0.25) is 0 Å². The molecule has 0 bridgehead atoms. The van der Waals surface area contributed by atoms with E-state index in [1.165, 1.54) is 0 Å². The minimum atomic E-state index is -0.364. The van der Waals surface area contributed by atoms with E-state index in [0.717, 1.165) is 22.0 Å². The highest BCUT2D eigenvalue weighted by Crippen LogP contribution is 2.31. The van der Waals surface area contributed by atoms with Crippen molar-refractivity contribution >= 4 is 45.7 Å². The average Bonchev–Trinajstić information content (AvgIpc) is 3.06. The molecule has 7 heteroatoms. The first kappa shape index (κ1) is 16.9. The lowest BCUT2D eigenvalue weighted by atomic mass is 10.0. The van der Waals surface area contributed by atoms with E-state index in [4.69, 9.17) is 17.3 Å². The standard InChI is InChI=1S/C20H16ClN5O/c21-15-5-1-2-6-16(15)24-20(27)23-13-10-8-12(9-11-13)14-4-3-7-17-18(14)19(22)26-25-17/h1-11H,(H3,22,25,26)(H2,23,24,27). The summed E-state index contributed by atoms with van der Waals surface area (Å²) in [5.41, 5.74) is 10.0. The maximum atomic E-state index is 12.2. The number of hydrogen-bond donors (Lipinski definition) is 4. The van der Waals surface area contributed by atoms with Gasteiger partial charge in [-0.3, -0.25) is 5.10 Å². The summed E-state index contributed by atoms with van der Waals surface area (Å²) < 4.78 is 0. The van der Waals surface area contributed by atoms with Crippen molar-refractivity contribution in [3.8, 4) is 11.1 Å². The van der Waals surface area contributed by atoms with E-state index >= 15 is 0 Å². The van der Waals surface area contributed by atoms with E-state index in [0.29, 0.717) is 22.2 Å². The Morgan fingerprint density at radius 1 is 0.963 bits per heavy atom. The number of fused-ring (bicyclic) bond motifs is 1. The zero-order valence-corrected chi connectivity index (χ0v) is 14.9. The average molecular weight is 378 g/mol. The van der Waals surface area contributed by atoms with Gasteiger partial charge >= 0.3 is 6.03 Å². The van der Waals surface area contributed by atoms with Gasteiger partial charge in [-0.1, -0.05) is 48.0 Å². The van der Waals surface area contributed by atoms with E-state index in [1.54, 1.807) is 24.3 Å². The van der Waals surface area contributed by atoms with Gasteiger partial charge in [-0.05, 0) is 41.5 Å². The van der Waals surface area contributed by atoms with Crippen LogP contribution in [0.1, 0.15) is 0 Å². The number of para-hydroxylation sites is 1. The summed E-state index contributed by atoms with van der Waals surface area (Å²) in [6.07, 6.45) is 0. The molecule has 5 N–H and O–H groups in total. The summed E-state index contributed by atoms with van der Waals surface area (Å²) in [4.78, 5) is 12.2. The van der Waals surface area contributed by atoms with Crippen molar-refractivity contribution in [1.82, 2.24) is 10.2 Å². The Hall–Kier alpha value is -3.51. The molecule has 4 rings (SSSR count). The zero-order valence-electron chi connectivity index (χ0n) is 14.2. The largest absolute Gasteiger partial charge is 0.382 e.